The topological polar surface area (TPSA) is 45.2 Å². The zero-order valence-electron chi connectivity index (χ0n) is 6.73. The number of thiocarbonyl (C=S) groups is 1. The van der Waals surface area contributed by atoms with Crippen LogP contribution in [0.25, 0.3) is 0 Å². The Morgan fingerprint density at radius 1 is 1.62 bits per heavy atom. The molecule has 1 fully saturated rings. The molecule has 4 nitrogen and oxygen atoms in total. The van der Waals surface area contributed by atoms with Crippen LogP contribution in [0.3, 0.4) is 0 Å². The molecular weight excluding hydrogens is 186 g/mol. The first-order valence-electron chi connectivity index (χ1n) is 3.80. The smallest absolute Gasteiger partial charge is 0.252 e. The predicted molar refractivity (Wildman–Crippen MR) is 52.3 cm³/mol. The first-order valence-corrected chi connectivity index (χ1v) is 4.20. The Morgan fingerprint density at radius 3 is 3.00 bits per heavy atom. The zero-order chi connectivity index (χ0) is 9.26. The molecule has 1 aliphatic rings. The minimum atomic E-state index is -0.0435. The zero-order valence-corrected chi connectivity index (χ0v) is 7.54. The number of aromatic nitrogens is 1. The molecule has 1 aromatic rings. The molecule has 1 N–H and O–H groups in total. The van der Waals surface area contributed by atoms with Crippen LogP contribution in [0.4, 0.5) is 5.69 Å². The van der Waals surface area contributed by atoms with Gasteiger partial charge in [-0.15, -0.1) is 0 Å². The summed E-state index contributed by atoms with van der Waals surface area (Å²) in [5.74, 6) is -0.0435. The van der Waals surface area contributed by atoms with E-state index in [1.165, 1.54) is 4.90 Å². The molecular formula is C8H7N3OS. The van der Waals surface area contributed by atoms with Crippen molar-refractivity contribution in [1.29, 1.82) is 0 Å². The lowest BCUT2D eigenvalue weighted by atomic mass is 10.4. The first-order chi connectivity index (χ1) is 6.29. The number of nitrogens with one attached hydrogen (secondary N) is 1. The van der Waals surface area contributed by atoms with E-state index in [0.717, 1.165) is 0 Å². The van der Waals surface area contributed by atoms with E-state index in [0.29, 0.717) is 10.8 Å². The highest BCUT2D eigenvalue weighted by Crippen LogP contribution is 2.14. The van der Waals surface area contributed by atoms with Gasteiger partial charge in [-0.1, -0.05) is 0 Å². The Balaban J connectivity index is 2.36. The summed E-state index contributed by atoms with van der Waals surface area (Å²) in [5.41, 5.74) is 0.711. The second-order valence-electron chi connectivity index (χ2n) is 2.60. The van der Waals surface area contributed by atoms with Gasteiger partial charge in [0.05, 0.1) is 18.4 Å². The highest BCUT2D eigenvalue weighted by atomic mass is 32.1. The van der Waals surface area contributed by atoms with Crippen molar-refractivity contribution in [3.63, 3.8) is 0 Å². The van der Waals surface area contributed by atoms with Gasteiger partial charge in [0, 0.05) is 6.20 Å². The number of pyridine rings is 1. The lowest BCUT2D eigenvalue weighted by Crippen LogP contribution is -2.30. The molecule has 2 heterocycles. The third-order valence-corrected chi connectivity index (χ3v) is 2.07. The first kappa shape index (κ1) is 8.12. The molecule has 1 amide bonds. The average molecular weight is 193 g/mol. The summed E-state index contributed by atoms with van der Waals surface area (Å²) in [6, 6.07) is 3.56. The van der Waals surface area contributed by atoms with Gasteiger partial charge >= 0.3 is 0 Å². The van der Waals surface area contributed by atoms with Crippen molar-refractivity contribution in [2.45, 2.75) is 0 Å². The standard InChI is InChI=1S/C8H7N3OS/c12-7-5-10-8(13)11(7)6-2-1-3-9-4-6/h1-4H,5H2,(H,10,13). The Morgan fingerprint density at radius 2 is 2.46 bits per heavy atom. The SMILES string of the molecule is O=C1CNC(=S)N1c1cccnc1. The number of anilines is 1. The molecule has 66 valence electrons. The molecule has 0 bridgehead atoms. The summed E-state index contributed by atoms with van der Waals surface area (Å²) in [5, 5.41) is 3.24. The molecule has 0 aromatic carbocycles. The second-order valence-corrected chi connectivity index (χ2v) is 2.99. The molecule has 1 saturated heterocycles. The van der Waals surface area contributed by atoms with Crippen LogP contribution in [0.2, 0.25) is 0 Å². The Hall–Kier alpha value is -1.49. The maximum Gasteiger partial charge on any atom is 0.252 e. The number of amides is 1. The van der Waals surface area contributed by atoms with Crippen molar-refractivity contribution in [2.24, 2.45) is 0 Å². The van der Waals surface area contributed by atoms with Crippen LogP contribution < -0.4 is 10.2 Å². The van der Waals surface area contributed by atoms with Crippen LogP contribution in [-0.4, -0.2) is 22.5 Å². The van der Waals surface area contributed by atoms with E-state index in [1.807, 2.05) is 0 Å². The number of nitrogens with zero attached hydrogens (tertiary/aromatic N) is 2. The molecule has 0 saturated carbocycles. The fourth-order valence-corrected chi connectivity index (χ4v) is 1.45. The van der Waals surface area contributed by atoms with Crippen molar-refractivity contribution in [3.8, 4) is 0 Å². The van der Waals surface area contributed by atoms with E-state index in [2.05, 4.69) is 10.3 Å². The van der Waals surface area contributed by atoms with Crippen LogP contribution in [0, 0.1) is 0 Å². The van der Waals surface area contributed by atoms with Gasteiger partial charge < -0.3 is 5.32 Å². The second kappa shape index (κ2) is 3.10. The molecule has 0 unspecified atom stereocenters. The van der Waals surface area contributed by atoms with Crippen LogP contribution in [0.1, 0.15) is 0 Å². The predicted octanol–water partition coefficient (Wildman–Crippen LogP) is 0.303. The molecule has 0 aliphatic carbocycles. The monoisotopic (exact) mass is 193 g/mol. The summed E-state index contributed by atoms with van der Waals surface area (Å²) >= 11 is 4.97. The minimum Gasteiger partial charge on any atom is -0.353 e. The summed E-state index contributed by atoms with van der Waals surface area (Å²) in [6.45, 7) is 0.272. The number of rotatable bonds is 1. The van der Waals surface area contributed by atoms with E-state index < -0.39 is 0 Å². The normalized spacial score (nSPS) is 16.2. The van der Waals surface area contributed by atoms with Crippen LogP contribution in [0.15, 0.2) is 24.5 Å². The quantitative estimate of drug-likeness (QED) is 0.652. The Kier molecular flexibility index (Phi) is 1.94. The van der Waals surface area contributed by atoms with Crippen molar-refractivity contribution in [2.75, 3.05) is 11.4 Å². The Labute approximate surface area is 80.6 Å². The van der Waals surface area contributed by atoms with Gasteiger partial charge in [0.1, 0.15) is 0 Å². The van der Waals surface area contributed by atoms with Gasteiger partial charge in [-0.05, 0) is 24.4 Å². The third-order valence-electron chi connectivity index (χ3n) is 1.75. The van der Waals surface area contributed by atoms with Crippen molar-refractivity contribution >= 4 is 28.9 Å². The van der Waals surface area contributed by atoms with Gasteiger partial charge in [-0.3, -0.25) is 14.7 Å². The molecule has 1 aliphatic heterocycles. The van der Waals surface area contributed by atoms with Gasteiger partial charge in [-0.25, -0.2) is 0 Å². The number of hydrogen-bond acceptors (Lipinski definition) is 3. The fourth-order valence-electron chi connectivity index (χ4n) is 1.17. The molecule has 0 spiro atoms. The largest absolute Gasteiger partial charge is 0.353 e. The third kappa shape index (κ3) is 1.38. The van der Waals surface area contributed by atoms with Gasteiger partial charge in [0.15, 0.2) is 5.11 Å². The van der Waals surface area contributed by atoms with Gasteiger partial charge in [0.2, 0.25) is 0 Å². The van der Waals surface area contributed by atoms with Gasteiger partial charge in [0.25, 0.3) is 5.91 Å². The molecule has 1 aromatic heterocycles. The molecule has 13 heavy (non-hydrogen) atoms. The molecule has 5 heteroatoms. The van der Waals surface area contributed by atoms with Crippen molar-refractivity contribution in [1.82, 2.24) is 10.3 Å². The maximum atomic E-state index is 11.3. The van der Waals surface area contributed by atoms with E-state index in [4.69, 9.17) is 12.2 Å². The van der Waals surface area contributed by atoms with Crippen LogP contribution in [0.5, 0.6) is 0 Å². The summed E-state index contributed by atoms with van der Waals surface area (Å²) in [7, 11) is 0. The van der Waals surface area contributed by atoms with E-state index in [-0.39, 0.29) is 12.5 Å². The molecule has 0 atom stereocenters. The summed E-state index contributed by atoms with van der Waals surface area (Å²) in [4.78, 5) is 16.7. The number of carbonyl (C=O) groups is 1. The fraction of sp³-hybridized carbons (Fsp3) is 0.125. The van der Waals surface area contributed by atoms with Crippen LogP contribution >= 0.6 is 12.2 Å². The lowest BCUT2D eigenvalue weighted by molar-refractivity contribution is -0.115. The number of hydrogen-bond donors (Lipinski definition) is 1. The van der Waals surface area contributed by atoms with Crippen molar-refractivity contribution < 1.29 is 4.79 Å². The van der Waals surface area contributed by atoms with Crippen molar-refractivity contribution in [3.05, 3.63) is 24.5 Å². The molecule has 2 rings (SSSR count). The summed E-state index contributed by atoms with van der Waals surface area (Å²) < 4.78 is 0. The average Bonchev–Trinajstić information content (AvgIpc) is 2.48. The van der Waals surface area contributed by atoms with Crippen LogP contribution in [-0.2, 0) is 4.79 Å². The highest BCUT2D eigenvalue weighted by Gasteiger charge is 2.26. The number of carbonyl (C=O) groups excluding carboxylic acids is 1. The van der Waals surface area contributed by atoms with E-state index >= 15 is 0 Å². The van der Waals surface area contributed by atoms with E-state index in [1.54, 1.807) is 24.5 Å². The summed E-state index contributed by atoms with van der Waals surface area (Å²) in [6.07, 6.45) is 3.26. The van der Waals surface area contributed by atoms with E-state index in [9.17, 15) is 4.79 Å². The highest BCUT2D eigenvalue weighted by molar-refractivity contribution is 7.80. The molecule has 0 radical (unpaired) electrons. The lowest BCUT2D eigenvalue weighted by Gasteiger charge is -2.13. The van der Waals surface area contributed by atoms with Gasteiger partial charge in [-0.2, -0.15) is 0 Å². The Bertz CT molecular complexity index is 336. The maximum absolute atomic E-state index is 11.3. The minimum absolute atomic E-state index is 0.0435.